The third-order valence-corrected chi connectivity index (χ3v) is 5.07. The van der Waals surface area contributed by atoms with Gasteiger partial charge in [-0.05, 0) is 17.3 Å². The highest BCUT2D eigenvalue weighted by Crippen LogP contribution is 2.35. The summed E-state index contributed by atoms with van der Waals surface area (Å²) in [5.41, 5.74) is 2.86. The van der Waals surface area contributed by atoms with E-state index in [9.17, 15) is 4.79 Å². The molecule has 0 radical (unpaired) electrons. The highest BCUT2D eigenvalue weighted by molar-refractivity contribution is 5.93. The van der Waals surface area contributed by atoms with Crippen molar-refractivity contribution in [3.63, 3.8) is 0 Å². The van der Waals surface area contributed by atoms with E-state index in [1.54, 1.807) is 13.3 Å². The van der Waals surface area contributed by atoms with Crippen molar-refractivity contribution in [3.8, 4) is 0 Å². The van der Waals surface area contributed by atoms with Gasteiger partial charge in [0, 0.05) is 26.1 Å². The van der Waals surface area contributed by atoms with E-state index in [2.05, 4.69) is 61.7 Å². The molecule has 1 aliphatic rings. The van der Waals surface area contributed by atoms with Crippen LogP contribution in [0.5, 0.6) is 0 Å². The molecule has 1 amide bonds. The molecule has 1 atom stereocenters. The first-order chi connectivity index (χ1) is 13.2. The van der Waals surface area contributed by atoms with Crippen LogP contribution in [0.2, 0.25) is 0 Å². The van der Waals surface area contributed by atoms with Gasteiger partial charge in [-0.1, -0.05) is 73.8 Å². The molecule has 1 aliphatic heterocycles. The van der Waals surface area contributed by atoms with Crippen LogP contribution in [0.1, 0.15) is 17.0 Å². The largest absolute Gasteiger partial charge is 0.383 e. The number of methoxy groups -OCH3 is 1. The molecule has 27 heavy (non-hydrogen) atoms. The number of amides is 1. The molecule has 0 unspecified atom stereocenters. The molecule has 2 aromatic carbocycles. The van der Waals surface area contributed by atoms with Crippen molar-refractivity contribution in [1.82, 2.24) is 9.80 Å². The summed E-state index contributed by atoms with van der Waals surface area (Å²) in [6, 6.07) is 20.8. The first-order valence-corrected chi connectivity index (χ1v) is 9.15. The molecule has 0 aliphatic carbocycles. The summed E-state index contributed by atoms with van der Waals surface area (Å²) in [6.45, 7) is 9.63. The Kier molecular flexibility index (Phi) is 6.09. The smallest absolute Gasteiger partial charge is 0.270 e. The van der Waals surface area contributed by atoms with E-state index in [4.69, 9.17) is 4.74 Å². The van der Waals surface area contributed by atoms with E-state index in [0.717, 1.165) is 0 Å². The molecule has 4 nitrogen and oxygen atoms in total. The van der Waals surface area contributed by atoms with Gasteiger partial charge in [-0.25, -0.2) is 0 Å². The van der Waals surface area contributed by atoms with Gasteiger partial charge in [0.1, 0.15) is 0 Å². The molecule has 140 valence electrons. The van der Waals surface area contributed by atoms with Gasteiger partial charge in [-0.2, -0.15) is 0 Å². The van der Waals surface area contributed by atoms with E-state index in [-0.39, 0.29) is 17.9 Å². The maximum atomic E-state index is 12.7. The second-order valence-corrected chi connectivity index (χ2v) is 6.65. The molecule has 0 N–H and O–H groups in total. The molecule has 1 saturated heterocycles. The van der Waals surface area contributed by atoms with Gasteiger partial charge in [0.15, 0.2) is 0 Å². The van der Waals surface area contributed by atoms with Crippen LogP contribution in [-0.2, 0) is 9.53 Å². The summed E-state index contributed by atoms with van der Waals surface area (Å²) in [5.74, 6) is 0.0170. The Labute approximate surface area is 161 Å². The van der Waals surface area contributed by atoms with Gasteiger partial charge >= 0.3 is 0 Å². The normalized spacial score (nSPS) is 17.5. The number of carbonyl (C=O) groups excluding carboxylic acids is 1. The predicted molar refractivity (Wildman–Crippen MR) is 108 cm³/mol. The summed E-state index contributed by atoms with van der Waals surface area (Å²) in [5, 5.41) is 0. The third-order valence-electron chi connectivity index (χ3n) is 5.07. The lowest BCUT2D eigenvalue weighted by Gasteiger charge is -2.45. The number of benzene rings is 2. The van der Waals surface area contributed by atoms with Crippen molar-refractivity contribution in [2.24, 2.45) is 0 Å². The summed E-state index contributed by atoms with van der Waals surface area (Å²) < 4.78 is 5.19. The number of hydrogen-bond acceptors (Lipinski definition) is 3. The zero-order valence-electron chi connectivity index (χ0n) is 15.8. The van der Waals surface area contributed by atoms with Crippen molar-refractivity contribution in [2.75, 3.05) is 26.8 Å². The van der Waals surface area contributed by atoms with Crippen molar-refractivity contribution in [2.45, 2.75) is 12.0 Å². The van der Waals surface area contributed by atoms with Crippen LogP contribution in [-0.4, -0.2) is 48.6 Å². The fourth-order valence-corrected chi connectivity index (χ4v) is 3.75. The average molecular weight is 362 g/mol. The lowest BCUT2D eigenvalue weighted by Crippen LogP contribution is -2.55. The predicted octanol–water partition coefficient (Wildman–Crippen LogP) is 3.63. The molecule has 0 spiro atoms. The number of piperazine rings is 1. The maximum absolute atomic E-state index is 12.7. The lowest BCUT2D eigenvalue weighted by atomic mass is 9.83. The van der Waals surface area contributed by atoms with E-state index in [1.165, 1.54) is 11.1 Å². The standard InChI is InChI=1S/C23H26N2O2/c1-4-25-18(2)23(26)24(15-16-27-3)17-21(25)22(19-11-7-5-8-12-19)20-13-9-6-10-14-20/h4-14,21-22H,1-2,15-17H2,3H3/t21-/m1/s1. The number of ether oxygens (including phenoxy) is 1. The van der Waals surface area contributed by atoms with Crippen LogP contribution >= 0.6 is 0 Å². The van der Waals surface area contributed by atoms with Crippen molar-refractivity contribution in [1.29, 1.82) is 0 Å². The third kappa shape index (κ3) is 3.96. The monoisotopic (exact) mass is 362 g/mol. The Balaban J connectivity index is 2.04. The molecule has 2 aromatic rings. The zero-order chi connectivity index (χ0) is 19.2. The Bertz CT molecular complexity index is 749. The summed E-state index contributed by atoms with van der Waals surface area (Å²) in [4.78, 5) is 16.5. The molecule has 0 saturated carbocycles. The Morgan fingerprint density at radius 1 is 1.11 bits per heavy atom. The second-order valence-electron chi connectivity index (χ2n) is 6.65. The number of nitrogens with zero attached hydrogens (tertiary/aromatic N) is 2. The molecular weight excluding hydrogens is 336 g/mol. The van der Waals surface area contributed by atoms with Gasteiger partial charge in [-0.3, -0.25) is 4.79 Å². The molecular formula is C23H26N2O2. The van der Waals surface area contributed by atoms with Gasteiger partial charge in [0.25, 0.3) is 5.91 Å². The number of rotatable bonds is 7. The summed E-state index contributed by atoms with van der Waals surface area (Å²) in [7, 11) is 1.65. The average Bonchev–Trinajstić information content (AvgIpc) is 2.71. The number of hydrogen-bond donors (Lipinski definition) is 0. The van der Waals surface area contributed by atoms with Crippen LogP contribution in [0.4, 0.5) is 0 Å². The molecule has 0 aromatic heterocycles. The van der Waals surface area contributed by atoms with Crippen molar-refractivity contribution in [3.05, 3.63) is 96.8 Å². The minimum atomic E-state index is -0.0666. The van der Waals surface area contributed by atoms with Crippen LogP contribution in [0, 0.1) is 0 Å². The van der Waals surface area contributed by atoms with Crippen LogP contribution < -0.4 is 0 Å². The van der Waals surface area contributed by atoms with Gasteiger partial charge in [0.2, 0.25) is 0 Å². The van der Waals surface area contributed by atoms with E-state index in [1.807, 2.05) is 21.9 Å². The highest BCUT2D eigenvalue weighted by atomic mass is 16.5. The minimum Gasteiger partial charge on any atom is -0.383 e. The Morgan fingerprint density at radius 3 is 2.15 bits per heavy atom. The molecule has 1 heterocycles. The van der Waals surface area contributed by atoms with E-state index < -0.39 is 0 Å². The zero-order valence-corrected chi connectivity index (χ0v) is 15.8. The van der Waals surface area contributed by atoms with E-state index >= 15 is 0 Å². The topological polar surface area (TPSA) is 32.8 Å². The maximum Gasteiger partial charge on any atom is 0.270 e. The number of carbonyl (C=O) groups is 1. The lowest BCUT2D eigenvalue weighted by molar-refractivity contribution is -0.133. The fraction of sp³-hybridized carbons (Fsp3) is 0.261. The Morgan fingerprint density at radius 2 is 1.67 bits per heavy atom. The fourth-order valence-electron chi connectivity index (χ4n) is 3.75. The minimum absolute atomic E-state index is 0.00866. The molecule has 0 bridgehead atoms. The van der Waals surface area contributed by atoms with Crippen molar-refractivity contribution < 1.29 is 9.53 Å². The summed E-state index contributed by atoms with van der Waals surface area (Å²) >= 11 is 0. The van der Waals surface area contributed by atoms with Gasteiger partial charge in [-0.15, -0.1) is 0 Å². The molecule has 3 rings (SSSR count). The summed E-state index contributed by atoms with van der Waals surface area (Å²) in [6.07, 6.45) is 1.72. The molecule has 4 heteroatoms. The molecule has 1 fully saturated rings. The highest BCUT2D eigenvalue weighted by Gasteiger charge is 2.38. The Hall–Kier alpha value is -2.85. The van der Waals surface area contributed by atoms with Gasteiger partial charge in [0.05, 0.1) is 18.3 Å². The second kappa shape index (κ2) is 8.69. The van der Waals surface area contributed by atoms with E-state index in [0.29, 0.717) is 25.4 Å². The SMILES string of the molecule is C=CN1C(=C)C(=O)N(CCOC)C[C@@H]1C(c1ccccc1)c1ccccc1. The van der Waals surface area contributed by atoms with Gasteiger partial charge < -0.3 is 14.5 Å². The van der Waals surface area contributed by atoms with Crippen molar-refractivity contribution >= 4 is 5.91 Å². The first-order valence-electron chi connectivity index (χ1n) is 9.15. The quantitative estimate of drug-likeness (QED) is 0.705. The van der Waals surface area contributed by atoms with Crippen LogP contribution in [0.15, 0.2) is 85.7 Å². The van der Waals surface area contributed by atoms with Crippen LogP contribution in [0.3, 0.4) is 0 Å². The van der Waals surface area contributed by atoms with Crippen LogP contribution in [0.25, 0.3) is 0 Å². The first kappa shape index (κ1) is 18.9.